The van der Waals surface area contributed by atoms with E-state index in [2.05, 4.69) is 4.98 Å². The lowest BCUT2D eigenvalue weighted by molar-refractivity contribution is 0.0994. The number of carbonyl (C=O) groups is 1. The summed E-state index contributed by atoms with van der Waals surface area (Å²) in [6.45, 7) is 0.385. The maximum absolute atomic E-state index is 13.6. The van der Waals surface area contributed by atoms with Crippen molar-refractivity contribution in [3.8, 4) is 11.5 Å². The summed E-state index contributed by atoms with van der Waals surface area (Å²) in [4.78, 5) is 42.6. The number of rotatable bonds is 10. The van der Waals surface area contributed by atoms with Gasteiger partial charge in [0.05, 0.1) is 27.3 Å². The van der Waals surface area contributed by atoms with E-state index in [0.717, 1.165) is 11.1 Å². The Hall–Kier alpha value is -4.66. The molecule has 0 bridgehead atoms. The molecule has 2 aromatic carbocycles. The molecule has 190 valence electrons. The first-order chi connectivity index (χ1) is 17.9. The molecular weight excluding hydrogens is 472 g/mol. The van der Waals surface area contributed by atoms with E-state index in [-0.39, 0.29) is 18.8 Å². The number of hydrogen-bond acceptors (Lipinski definition) is 6. The number of ether oxygens (including phenoxy) is 2. The van der Waals surface area contributed by atoms with Crippen molar-refractivity contribution in [3.63, 3.8) is 0 Å². The molecule has 0 spiro atoms. The topological polar surface area (TPSA) is 118 Å². The van der Waals surface area contributed by atoms with Crippen molar-refractivity contribution in [1.29, 1.82) is 0 Å². The predicted molar refractivity (Wildman–Crippen MR) is 139 cm³/mol. The fourth-order valence-electron chi connectivity index (χ4n) is 4.14. The van der Waals surface area contributed by atoms with Gasteiger partial charge in [-0.3, -0.25) is 23.7 Å². The highest BCUT2D eigenvalue weighted by Gasteiger charge is 2.15. The summed E-state index contributed by atoms with van der Waals surface area (Å²) in [6, 6.07) is 19.6. The molecular formula is C28H28N4O5. The van der Waals surface area contributed by atoms with Gasteiger partial charge in [-0.15, -0.1) is 0 Å². The molecule has 2 heterocycles. The molecule has 1 amide bonds. The zero-order valence-corrected chi connectivity index (χ0v) is 20.7. The molecule has 9 nitrogen and oxygen atoms in total. The van der Waals surface area contributed by atoms with Crippen molar-refractivity contribution in [2.45, 2.75) is 25.9 Å². The number of nitrogens with two attached hydrogens (primary N) is 1. The number of methoxy groups -OCH3 is 2. The molecule has 4 aromatic rings. The van der Waals surface area contributed by atoms with Crippen LogP contribution in [0.4, 0.5) is 0 Å². The van der Waals surface area contributed by atoms with Crippen molar-refractivity contribution in [3.05, 3.63) is 122 Å². The second-order valence-electron chi connectivity index (χ2n) is 8.50. The van der Waals surface area contributed by atoms with Crippen molar-refractivity contribution in [2.24, 2.45) is 5.73 Å². The molecule has 0 aliphatic rings. The Labute approximate surface area is 213 Å². The second-order valence-corrected chi connectivity index (χ2v) is 8.50. The van der Waals surface area contributed by atoms with Crippen LogP contribution in [0.2, 0.25) is 0 Å². The van der Waals surface area contributed by atoms with E-state index in [1.54, 1.807) is 43.1 Å². The van der Waals surface area contributed by atoms with Gasteiger partial charge in [-0.25, -0.2) is 4.79 Å². The summed E-state index contributed by atoms with van der Waals surface area (Å²) in [6.07, 6.45) is 2.23. The monoisotopic (exact) mass is 500 g/mol. The van der Waals surface area contributed by atoms with Crippen LogP contribution in [0.5, 0.6) is 11.5 Å². The van der Waals surface area contributed by atoms with E-state index in [1.165, 1.54) is 16.8 Å². The lowest BCUT2D eigenvalue weighted by Crippen LogP contribution is -2.41. The van der Waals surface area contributed by atoms with Crippen molar-refractivity contribution in [2.75, 3.05) is 14.2 Å². The van der Waals surface area contributed by atoms with Crippen LogP contribution in [-0.2, 0) is 25.9 Å². The van der Waals surface area contributed by atoms with E-state index in [0.29, 0.717) is 35.6 Å². The van der Waals surface area contributed by atoms with Crippen molar-refractivity contribution in [1.82, 2.24) is 14.1 Å². The molecule has 0 unspecified atom stereocenters. The van der Waals surface area contributed by atoms with E-state index in [4.69, 9.17) is 15.2 Å². The number of hydrogen-bond donors (Lipinski definition) is 1. The predicted octanol–water partition coefficient (Wildman–Crippen LogP) is 2.40. The smallest absolute Gasteiger partial charge is 0.331 e. The molecule has 2 aromatic heterocycles. The number of aromatic nitrogens is 3. The fourth-order valence-corrected chi connectivity index (χ4v) is 4.14. The first kappa shape index (κ1) is 25.4. The van der Waals surface area contributed by atoms with Gasteiger partial charge in [0.2, 0.25) is 0 Å². The zero-order chi connectivity index (χ0) is 26.4. The van der Waals surface area contributed by atoms with Gasteiger partial charge in [-0.1, -0.05) is 30.3 Å². The van der Waals surface area contributed by atoms with Gasteiger partial charge >= 0.3 is 5.69 Å². The zero-order valence-electron chi connectivity index (χ0n) is 20.7. The number of pyridine rings is 1. The molecule has 0 aliphatic carbocycles. The molecule has 0 radical (unpaired) electrons. The Morgan fingerprint density at radius 1 is 0.838 bits per heavy atom. The number of primary amides is 1. The molecule has 9 heteroatoms. The van der Waals surface area contributed by atoms with Gasteiger partial charge in [-0.2, -0.15) is 0 Å². The summed E-state index contributed by atoms with van der Waals surface area (Å²) in [5, 5.41) is 0. The summed E-state index contributed by atoms with van der Waals surface area (Å²) in [5.41, 5.74) is 7.71. The van der Waals surface area contributed by atoms with Crippen LogP contribution >= 0.6 is 0 Å². The van der Waals surface area contributed by atoms with Crippen LogP contribution in [0, 0.1) is 0 Å². The van der Waals surface area contributed by atoms with E-state index in [9.17, 15) is 14.4 Å². The van der Waals surface area contributed by atoms with Crippen LogP contribution in [0.15, 0.2) is 82.5 Å². The maximum Gasteiger partial charge on any atom is 0.331 e. The Bertz CT molecular complexity index is 1510. The third kappa shape index (κ3) is 5.95. The Kier molecular flexibility index (Phi) is 7.83. The minimum absolute atomic E-state index is 0.124. The van der Waals surface area contributed by atoms with Crippen LogP contribution in [-0.4, -0.2) is 34.2 Å². The number of carbonyl (C=O) groups excluding carboxylic acids is 1. The standard InChI is InChI=1S/C28H28N4O5/c1-36-23-11-5-19(6-12-23)17-31-22(10-9-21-4-3-15-30-26(21)27(29)34)16-25(33)32(28(31)35)18-20-7-13-24(37-2)14-8-20/h3-8,11-16H,9-10,17-18H2,1-2H3,(H2,29,34). The van der Waals surface area contributed by atoms with E-state index < -0.39 is 17.2 Å². The average molecular weight is 501 g/mol. The number of nitrogens with zero attached hydrogens (tertiary/aromatic N) is 3. The van der Waals surface area contributed by atoms with Gasteiger partial charge < -0.3 is 15.2 Å². The van der Waals surface area contributed by atoms with Crippen LogP contribution in [0.1, 0.15) is 32.9 Å². The van der Waals surface area contributed by atoms with Crippen molar-refractivity contribution < 1.29 is 14.3 Å². The Morgan fingerprint density at radius 3 is 1.95 bits per heavy atom. The second kappa shape index (κ2) is 11.4. The van der Waals surface area contributed by atoms with Gasteiger partial charge in [-0.05, 0) is 59.9 Å². The molecule has 2 N–H and O–H groups in total. The summed E-state index contributed by atoms with van der Waals surface area (Å²) < 4.78 is 13.2. The third-order valence-corrected chi connectivity index (χ3v) is 6.14. The first-order valence-electron chi connectivity index (χ1n) is 11.7. The molecule has 0 saturated carbocycles. The molecule has 0 saturated heterocycles. The first-order valence-corrected chi connectivity index (χ1v) is 11.7. The highest BCUT2D eigenvalue weighted by molar-refractivity contribution is 5.92. The van der Waals surface area contributed by atoms with Gasteiger partial charge in [0.1, 0.15) is 17.2 Å². The molecule has 0 fully saturated rings. The maximum atomic E-state index is 13.6. The number of aryl methyl sites for hydroxylation is 2. The third-order valence-electron chi connectivity index (χ3n) is 6.14. The lowest BCUT2D eigenvalue weighted by atomic mass is 10.1. The Morgan fingerprint density at radius 2 is 1.41 bits per heavy atom. The van der Waals surface area contributed by atoms with Crippen LogP contribution in [0.25, 0.3) is 0 Å². The highest BCUT2D eigenvalue weighted by Crippen LogP contribution is 2.15. The van der Waals surface area contributed by atoms with Crippen LogP contribution < -0.4 is 26.5 Å². The van der Waals surface area contributed by atoms with Crippen LogP contribution in [0.3, 0.4) is 0 Å². The molecule has 37 heavy (non-hydrogen) atoms. The Balaban J connectivity index is 1.72. The molecule has 4 rings (SSSR count). The normalized spacial score (nSPS) is 10.8. The van der Waals surface area contributed by atoms with Gasteiger partial charge in [0, 0.05) is 18.0 Å². The summed E-state index contributed by atoms with van der Waals surface area (Å²) >= 11 is 0. The minimum atomic E-state index is -0.624. The van der Waals surface area contributed by atoms with Gasteiger partial charge in [0.15, 0.2) is 0 Å². The average Bonchev–Trinajstić information content (AvgIpc) is 2.92. The van der Waals surface area contributed by atoms with E-state index >= 15 is 0 Å². The lowest BCUT2D eigenvalue weighted by Gasteiger charge is -2.16. The number of benzene rings is 2. The largest absolute Gasteiger partial charge is 0.497 e. The number of amides is 1. The van der Waals surface area contributed by atoms with Crippen molar-refractivity contribution >= 4 is 5.91 Å². The van der Waals surface area contributed by atoms with Gasteiger partial charge in [0.25, 0.3) is 11.5 Å². The minimum Gasteiger partial charge on any atom is -0.497 e. The summed E-state index contributed by atoms with van der Waals surface area (Å²) in [7, 11) is 3.17. The SMILES string of the molecule is COc1ccc(Cn2c(CCc3cccnc3C(N)=O)cc(=O)n(Cc3ccc(OC)cc3)c2=O)cc1. The molecule has 0 atom stereocenters. The summed E-state index contributed by atoms with van der Waals surface area (Å²) in [5.74, 6) is 0.770. The quantitative estimate of drug-likeness (QED) is 0.357. The fraction of sp³-hybridized carbons (Fsp3) is 0.214. The highest BCUT2D eigenvalue weighted by atomic mass is 16.5. The van der Waals surface area contributed by atoms with E-state index in [1.807, 2.05) is 36.4 Å². The molecule has 0 aliphatic heterocycles.